The Morgan fingerprint density at radius 3 is 2.80 bits per heavy atom. The average molecular weight is 223 g/mol. The zero-order chi connectivity index (χ0) is 11.1. The van der Waals surface area contributed by atoms with Crippen molar-refractivity contribution in [2.24, 2.45) is 0 Å². The topological polar surface area (TPSA) is 12.0 Å². The van der Waals surface area contributed by atoms with Crippen molar-refractivity contribution in [1.82, 2.24) is 0 Å². The van der Waals surface area contributed by atoms with Crippen LogP contribution in [0, 0.1) is 6.92 Å². The van der Waals surface area contributed by atoms with Crippen molar-refractivity contribution in [2.45, 2.75) is 26.7 Å². The first-order chi connectivity index (χ1) is 7.29. The molecule has 1 aromatic rings. The van der Waals surface area contributed by atoms with Crippen LogP contribution in [-0.2, 0) is 6.42 Å². The van der Waals surface area contributed by atoms with Crippen molar-refractivity contribution in [2.75, 3.05) is 23.9 Å². The largest absolute Gasteiger partial charge is 0.385 e. The molecule has 0 unspecified atom stereocenters. The third kappa shape index (κ3) is 3.78. The van der Waals surface area contributed by atoms with E-state index in [4.69, 9.17) is 0 Å². The zero-order valence-corrected chi connectivity index (χ0v) is 10.8. The van der Waals surface area contributed by atoms with E-state index in [9.17, 15) is 0 Å². The van der Waals surface area contributed by atoms with Crippen molar-refractivity contribution in [3.8, 4) is 0 Å². The quantitative estimate of drug-likeness (QED) is 0.738. The fraction of sp³-hybridized carbons (Fsp3) is 0.538. The van der Waals surface area contributed by atoms with Crippen molar-refractivity contribution in [1.29, 1.82) is 0 Å². The lowest BCUT2D eigenvalue weighted by molar-refractivity contribution is 0.981. The molecule has 1 rings (SSSR count). The van der Waals surface area contributed by atoms with Crippen LogP contribution in [0.2, 0.25) is 0 Å². The Morgan fingerprint density at radius 1 is 1.33 bits per heavy atom. The molecule has 0 saturated heterocycles. The Bertz CT molecular complexity index is 297. The summed E-state index contributed by atoms with van der Waals surface area (Å²) in [7, 11) is 0. The maximum atomic E-state index is 3.55. The minimum Gasteiger partial charge on any atom is -0.385 e. The van der Waals surface area contributed by atoms with Crippen LogP contribution in [0.3, 0.4) is 0 Å². The molecule has 0 aliphatic rings. The second-order valence-electron chi connectivity index (χ2n) is 3.74. The lowest BCUT2D eigenvalue weighted by Crippen LogP contribution is -2.06. The summed E-state index contributed by atoms with van der Waals surface area (Å²) in [5.74, 6) is 1.24. The number of rotatable bonds is 6. The smallest absolute Gasteiger partial charge is 0.0402 e. The van der Waals surface area contributed by atoms with Crippen LogP contribution < -0.4 is 5.32 Å². The average Bonchev–Trinajstić information content (AvgIpc) is 2.26. The van der Waals surface area contributed by atoms with E-state index in [2.05, 4.69) is 43.6 Å². The minimum atomic E-state index is 1.08. The molecule has 84 valence electrons. The molecule has 0 aliphatic carbocycles. The Balaban J connectivity index is 2.58. The number of hydrogen-bond acceptors (Lipinski definition) is 2. The van der Waals surface area contributed by atoms with Crippen LogP contribution in [0.1, 0.15) is 24.5 Å². The molecule has 0 saturated carbocycles. The van der Waals surface area contributed by atoms with Crippen molar-refractivity contribution in [3.63, 3.8) is 0 Å². The third-order valence-corrected chi connectivity index (χ3v) is 3.26. The van der Waals surface area contributed by atoms with Gasteiger partial charge in [0.1, 0.15) is 0 Å². The van der Waals surface area contributed by atoms with E-state index in [0.717, 1.165) is 13.0 Å². The van der Waals surface area contributed by atoms with E-state index in [1.54, 1.807) is 0 Å². The number of thioether (sulfide) groups is 1. The van der Waals surface area contributed by atoms with Gasteiger partial charge in [0.05, 0.1) is 0 Å². The molecule has 0 aromatic heterocycles. The van der Waals surface area contributed by atoms with Gasteiger partial charge in [-0.05, 0) is 42.9 Å². The van der Waals surface area contributed by atoms with E-state index in [0.29, 0.717) is 0 Å². The summed E-state index contributed by atoms with van der Waals surface area (Å²) in [5.41, 5.74) is 4.14. The Hall–Kier alpha value is -0.630. The van der Waals surface area contributed by atoms with Gasteiger partial charge in [-0.15, -0.1) is 0 Å². The summed E-state index contributed by atoms with van der Waals surface area (Å²) in [6.07, 6.45) is 4.50. The standard InChI is InChI=1S/C13H21NS/c1-4-12-8-5-7-11(2)13(12)14-9-6-10-15-3/h5,7-8,14H,4,6,9-10H2,1-3H3. The molecule has 0 amide bonds. The SMILES string of the molecule is CCc1cccc(C)c1NCCCSC. The molecule has 1 aromatic carbocycles. The molecular weight excluding hydrogens is 202 g/mol. The number of nitrogens with one attached hydrogen (secondary N) is 1. The van der Waals surface area contributed by atoms with Crippen LogP contribution >= 0.6 is 11.8 Å². The van der Waals surface area contributed by atoms with Crippen molar-refractivity contribution >= 4 is 17.4 Å². The van der Waals surface area contributed by atoms with E-state index < -0.39 is 0 Å². The molecular formula is C13H21NS. The zero-order valence-electron chi connectivity index (χ0n) is 9.97. The molecule has 0 radical (unpaired) electrons. The van der Waals surface area contributed by atoms with Crippen molar-refractivity contribution < 1.29 is 0 Å². The summed E-state index contributed by atoms with van der Waals surface area (Å²) in [5, 5.41) is 3.55. The molecule has 0 fully saturated rings. The molecule has 0 atom stereocenters. The first kappa shape index (κ1) is 12.4. The Morgan fingerprint density at radius 2 is 2.13 bits per heavy atom. The molecule has 0 aliphatic heterocycles. The number of benzene rings is 1. The summed E-state index contributed by atoms with van der Waals surface area (Å²) in [4.78, 5) is 0. The first-order valence-electron chi connectivity index (χ1n) is 5.61. The molecule has 0 spiro atoms. The maximum absolute atomic E-state index is 3.55. The van der Waals surface area contributed by atoms with Gasteiger partial charge in [-0.25, -0.2) is 0 Å². The molecule has 1 N–H and O–H groups in total. The lowest BCUT2D eigenvalue weighted by atomic mass is 10.1. The second-order valence-corrected chi connectivity index (χ2v) is 4.72. The highest BCUT2D eigenvalue weighted by atomic mass is 32.2. The minimum absolute atomic E-state index is 1.08. The highest BCUT2D eigenvalue weighted by molar-refractivity contribution is 7.98. The second kappa shape index (κ2) is 6.78. The lowest BCUT2D eigenvalue weighted by Gasteiger charge is -2.13. The Labute approximate surface area is 97.7 Å². The van der Waals surface area contributed by atoms with Crippen LogP contribution in [0.25, 0.3) is 0 Å². The van der Waals surface area contributed by atoms with E-state index >= 15 is 0 Å². The monoisotopic (exact) mass is 223 g/mol. The van der Waals surface area contributed by atoms with Gasteiger partial charge in [-0.1, -0.05) is 25.1 Å². The summed E-state index contributed by atoms with van der Waals surface area (Å²) < 4.78 is 0. The van der Waals surface area contributed by atoms with Crippen LogP contribution in [0.5, 0.6) is 0 Å². The van der Waals surface area contributed by atoms with Gasteiger partial charge in [0.15, 0.2) is 0 Å². The number of para-hydroxylation sites is 1. The molecule has 1 nitrogen and oxygen atoms in total. The number of hydrogen-bond donors (Lipinski definition) is 1. The first-order valence-corrected chi connectivity index (χ1v) is 7.00. The van der Waals surface area contributed by atoms with Crippen LogP contribution in [0.15, 0.2) is 18.2 Å². The summed E-state index contributed by atoms with van der Waals surface area (Å²) in [6, 6.07) is 6.53. The van der Waals surface area contributed by atoms with Crippen LogP contribution in [0.4, 0.5) is 5.69 Å². The summed E-state index contributed by atoms with van der Waals surface area (Å²) in [6.45, 7) is 5.47. The Kier molecular flexibility index (Phi) is 5.62. The van der Waals surface area contributed by atoms with Crippen LogP contribution in [-0.4, -0.2) is 18.6 Å². The van der Waals surface area contributed by atoms with Gasteiger partial charge < -0.3 is 5.32 Å². The van der Waals surface area contributed by atoms with Gasteiger partial charge in [-0.3, -0.25) is 0 Å². The van der Waals surface area contributed by atoms with E-state index in [1.807, 2.05) is 11.8 Å². The van der Waals surface area contributed by atoms with Gasteiger partial charge in [-0.2, -0.15) is 11.8 Å². The fourth-order valence-electron chi connectivity index (χ4n) is 1.71. The van der Waals surface area contributed by atoms with Gasteiger partial charge >= 0.3 is 0 Å². The highest BCUT2D eigenvalue weighted by Gasteiger charge is 2.02. The summed E-state index contributed by atoms with van der Waals surface area (Å²) >= 11 is 1.91. The number of aryl methyl sites for hydroxylation is 2. The van der Waals surface area contributed by atoms with Gasteiger partial charge in [0, 0.05) is 12.2 Å². The van der Waals surface area contributed by atoms with Gasteiger partial charge in [0.2, 0.25) is 0 Å². The predicted octanol–water partition coefficient (Wildman–Crippen LogP) is 3.72. The van der Waals surface area contributed by atoms with E-state index in [-0.39, 0.29) is 0 Å². The molecule has 0 heterocycles. The van der Waals surface area contributed by atoms with Gasteiger partial charge in [0.25, 0.3) is 0 Å². The maximum Gasteiger partial charge on any atom is 0.0402 e. The number of anilines is 1. The van der Waals surface area contributed by atoms with Crippen molar-refractivity contribution in [3.05, 3.63) is 29.3 Å². The highest BCUT2D eigenvalue weighted by Crippen LogP contribution is 2.20. The molecule has 0 bridgehead atoms. The van der Waals surface area contributed by atoms with E-state index in [1.165, 1.54) is 29.0 Å². The third-order valence-electron chi connectivity index (χ3n) is 2.57. The molecule has 2 heteroatoms. The molecule has 15 heavy (non-hydrogen) atoms. The normalized spacial score (nSPS) is 10.3. The fourth-order valence-corrected chi connectivity index (χ4v) is 2.14. The predicted molar refractivity (Wildman–Crippen MR) is 72.0 cm³/mol.